The Morgan fingerprint density at radius 1 is 1.27 bits per heavy atom. The fraction of sp³-hybridized carbons (Fsp3) is 0.650. The highest BCUT2D eigenvalue weighted by molar-refractivity contribution is 5.85. The predicted molar refractivity (Wildman–Crippen MR) is 114 cm³/mol. The number of benzene rings is 1. The second-order valence-electron chi connectivity index (χ2n) is 6.82. The largest absolute Gasteiger partial charge is 0.352 e. The molecule has 1 aliphatic heterocycles. The molecule has 0 aromatic heterocycles. The monoisotopic (exact) mass is 403 g/mol. The van der Waals surface area contributed by atoms with Crippen molar-refractivity contribution in [2.24, 2.45) is 0 Å². The third-order valence-corrected chi connectivity index (χ3v) is 4.76. The van der Waals surface area contributed by atoms with Crippen LogP contribution in [0.3, 0.4) is 0 Å². The van der Waals surface area contributed by atoms with E-state index in [4.69, 9.17) is 0 Å². The molecule has 6 heteroatoms. The average molecular weight is 404 g/mol. The van der Waals surface area contributed by atoms with Crippen molar-refractivity contribution in [3.05, 3.63) is 35.4 Å². The number of nitrogens with one attached hydrogen (secondary N) is 2. The van der Waals surface area contributed by atoms with Crippen LogP contribution < -0.4 is 10.6 Å². The second kappa shape index (κ2) is 14.3. The zero-order valence-corrected chi connectivity index (χ0v) is 17.8. The van der Waals surface area contributed by atoms with E-state index in [2.05, 4.69) is 53.6 Å². The van der Waals surface area contributed by atoms with Crippen molar-refractivity contribution in [1.82, 2.24) is 15.5 Å². The number of unbranched alkanes of at least 4 members (excludes halogenated alkanes) is 1. The number of carbonyl (C=O) groups is 1. The first-order chi connectivity index (χ1) is 11.7. The van der Waals surface area contributed by atoms with E-state index in [1.54, 1.807) is 0 Å². The summed E-state index contributed by atoms with van der Waals surface area (Å²) < 4.78 is 0. The van der Waals surface area contributed by atoms with Gasteiger partial charge in [-0.15, -0.1) is 24.8 Å². The Hall–Kier alpha value is -0.810. The Labute approximate surface area is 171 Å². The number of hydrogen-bond acceptors (Lipinski definition) is 3. The molecule has 0 saturated carbocycles. The van der Waals surface area contributed by atoms with Crippen LogP contribution in [0.2, 0.25) is 0 Å². The summed E-state index contributed by atoms with van der Waals surface area (Å²) in [5, 5.41) is 6.44. The Balaban J connectivity index is 0.00000312. The van der Waals surface area contributed by atoms with Gasteiger partial charge >= 0.3 is 0 Å². The molecular formula is C20H35Cl2N3O. The van der Waals surface area contributed by atoms with Crippen molar-refractivity contribution >= 4 is 30.7 Å². The topological polar surface area (TPSA) is 44.4 Å². The minimum atomic E-state index is 0. The van der Waals surface area contributed by atoms with E-state index in [-0.39, 0.29) is 30.7 Å². The van der Waals surface area contributed by atoms with Gasteiger partial charge in [-0.3, -0.25) is 9.69 Å². The fourth-order valence-corrected chi connectivity index (χ4v) is 3.25. The summed E-state index contributed by atoms with van der Waals surface area (Å²) in [4.78, 5) is 14.5. The van der Waals surface area contributed by atoms with E-state index in [0.717, 1.165) is 32.6 Å². The van der Waals surface area contributed by atoms with Crippen LogP contribution in [0.1, 0.15) is 57.1 Å². The summed E-state index contributed by atoms with van der Waals surface area (Å²) in [6, 6.07) is 8.97. The van der Waals surface area contributed by atoms with Gasteiger partial charge in [-0.25, -0.2) is 0 Å². The first kappa shape index (κ1) is 25.2. The molecule has 1 saturated heterocycles. The van der Waals surface area contributed by atoms with Crippen molar-refractivity contribution < 1.29 is 4.79 Å². The molecule has 2 rings (SSSR count). The van der Waals surface area contributed by atoms with Crippen LogP contribution in [0.25, 0.3) is 0 Å². The Morgan fingerprint density at radius 3 is 2.69 bits per heavy atom. The summed E-state index contributed by atoms with van der Waals surface area (Å²) in [5.74, 6) is 0.151. The van der Waals surface area contributed by atoms with Crippen molar-refractivity contribution in [3.8, 4) is 0 Å². The lowest BCUT2D eigenvalue weighted by Crippen LogP contribution is -2.31. The maximum atomic E-state index is 12.0. The fourth-order valence-electron chi connectivity index (χ4n) is 3.25. The van der Waals surface area contributed by atoms with Gasteiger partial charge in [-0.05, 0) is 50.0 Å². The van der Waals surface area contributed by atoms with E-state index >= 15 is 0 Å². The summed E-state index contributed by atoms with van der Waals surface area (Å²) in [5.41, 5.74) is 2.52. The molecule has 0 aliphatic carbocycles. The zero-order valence-electron chi connectivity index (χ0n) is 16.1. The molecule has 4 nitrogen and oxygen atoms in total. The minimum absolute atomic E-state index is 0. The molecule has 1 unspecified atom stereocenters. The Morgan fingerprint density at radius 2 is 2.04 bits per heavy atom. The SMILES string of the molecule is CCCCN(CC)Cc1cccc(CNC(=O)CC2CCCN2)c1.Cl.Cl. The highest BCUT2D eigenvalue weighted by Gasteiger charge is 2.17. The summed E-state index contributed by atoms with van der Waals surface area (Å²) in [6.45, 7) is 9.35. The average Bonchev–Trinajstić information content (AvgIpc) is 3.10. The van der Waals surface area contributed by atoms with Crippen LogP contribution in [0.4, 0.5) is 0 Å². The first-order valence-corrected chi connectivity index (χ1v) is 9.51. The molecule has 1 aromatic rings. The molecule has 0 bridgehead atoms. The molecule has 0 radical (unpaired) electrons. The van der Waals surface area contributed by atoms with Gasteiger partial charge in [0.1, 0.15) is 0 Å². The van der Waals surface area contributed by atoms with E-state index in [1.807, 2.05) is 0 Å². The molecule has 1 aliphatic rings. The molecule has 2 N–H and O–H groups in total. The summed E-state index contributed by atoms with van der Waals surface area (Å²) in [6.07, 6.45) is 5.39. The van der Waals surface area contributed by atoms with Gasteiger partial charge in [0.25, 0.3) is 0 Å². The molecule has 1 atom stereocenters. The van der Waals surface area contributed by atoms with Gasteiger partial charge in [0.2, 0.25) is 5.91 Å². The van der Waals surface area contributed by atoms with Crippen LogP contribution in [0.15, 0.2) is 24.3 Å². The van der Waals surface area contributed by atoms with Gasteiger partial charge in [-0.2, -0.15) is 0 Å². The molecule has 1 amide bonds. The van der Waals surface area contributed by atoms with Gasteiger partial charge in [0, 0.05) is 25.6 Å². The summed E-state index contributed by atoms with van der Waals surface area (Å²) in [7, 11) is 0. The number of amides is 1. The number of hydrogen-bond donors (Lipinski definition) is 2. The molecular weight excluding hydrogens is 369 g/mol. The quantitative estimate of drug-likeness (QED) is 0.622. The van der Waals surface area contributed by atoms with Crippen molar-refractivity contribution in [2.75, 3.05) is 19.6 Å². The van der Waals surface area contributed by atoms with Gasteiger partial charge in [-0.1, -0.05) is 44.5 Å². The van der Waals surface area contributed by atoms with Crippen LogP contribution in [-0.4, -0.2) is 36.5 Å². The number of halogens is 2. The van der Waals surface area contributed by atoms with E-state index in [9.17, 15) is 4.79 Å². The third kappa shape index (κ3) is 9.22. The molecule has 26 heavy (non-hydrogen) atoms. The highest BCUT2D eigenvalue weighted by Crippen LogP contribution is 2.11. The maximum Gasteiger partial charge on any atom is 0.221 e. The number of carbonyl (C=O) groups excluding carboxylic acids is 1. The first-order valence-electron chi connectivity index (χ1n) is 9.51. The van der Waals surface area contributed by atoms with Gasteiger partial charge < -0.3 is 10.6 Å². The van der Waals surface area contributed by atoms with Gasteiger partial charge in [0.15, 0.2) is 0 Å². The van der Waals surface area contributed by atoms with Crippen LogP contribution >= 0.6 is 24.8 Å². The maximum absolute atomic E-state index is 12.0. The van der Waals surface area contributed by atoms with E-state index in [0.29, 0.717) is 19.0 Å². The third-order valence-electron chi connectivity index (χ3n) is 4.76. The predicted octanol–water partition coefficient (Wildman–Crippen LogP) is 3.91. The number of rotatable bonds is 10. The van der Waals surface area contributed by atoms with Crippen molar-refractivity contribution in [3.63, 3.8) is 0 Å². The molecule has 150 valence electrons. The lowest BCUT2D eigenvalue weighted by Gasteiger charge is -2.20. The van der Waals surface area contributed by atoms with E-state index in [1.165, 1.54) is 30.4 Å². The molecule has 1 heterocycles. The standard InChI is InChI=1S/C20H33N3O.2ClH/c1-3-5-12-23(4-2)16-18-9-6-8-17(13-18)15-22-20(24)14-19-10-7-11-21-19;;/h6,8-9,13,19,21H,3-5,7,10-12,14-16H2,1-2H3,(H,22,24);2*1H. The molecule has 1 fully saturated rings. The molecule has 0 spiro atoms. The zero-order chi connectivity index (χ0) is 17.2. The second-order valence-corrected chi connectivity index (χ2v) is 6.82. The van der Waals surface area contributed by atoms with Crippen LogP contribution in [0, 0.1) is 0 Å². The summed E-state index contributed by atoms with van der Waals surface area (Å²) >= 11 is 0. The smallest absolute Gasteiger partial charge is 0.221 e. The lowest BCUT2D eigenvalue weighted by atomic mass is 10.1. The Kier molecular flexibility index (Phi) is 13.8. The number of nitrogens with zero attached hydrogens (tertiary/aromatic N) is 1. The van der Waals surface area contributed by atoms with Crippen LogP contribution in [0.5, 0.6) is 0 Å². The Bertz CT molecular complexity index is 508. The highest BCUT2D eigenvalue weighted by atomic mass is 35.5. The van der Waals surface area contributed by atoms with Gasteiger partial charge in [0.05, 0.1) is 0 Å². The van der Waals surface area contributed by atoms with Crippen molar-refractivity contribution in [1.29, 1.82) is 0 Å². The van der Waals surface area contributed by atoms with E-state index < -0.39 is 0 Å². The normalized spacial score (nSPS) is 16.0. The molecule has 1 aromatic carbocycles. The van der Waals surface area contributed by atoms with Crippen molar-refractivity contribution in [2.45, 2.75) is 65.1 Å². The lowest BCUT2D eigenvalue weighted by molar-refractivity contribution is -0.121. The van der Waals surface area contributed by atoms with Crippen LogP contribution in [-0.2, 0) is 17.9 Å². The minimum Gasteiger partial charge on any atom is -0.352 e.